The molecule has 3 heteroatoms. The summed E-state index contributed by atoms with van der Waals surface area (Å²) in [5.74, 6) is 0. The van der Waals surface area contributed by atoms with Crippen molar-refractivity contribution in [2.75, 3.05) is 6.61 Å². The van der Waals surface area contributed by atoms with Crippen molar-refractivity contribution >= 4 is 16.4 Å². The Balaban J connectivity index is 3.53. The third kappa shape index (κ3) is 12.1. The Morgan fingerprint density at radius 3 is 1.92 bits per heavy atom. The first-order valence-electron chi connectivity index (χ1n) is 5.02. The molecule has 0 aliphatic rings. The highest BCUT2D eigenvalue weighted by molar-refractivity contribution is 6.80. The summed E-state index contributed by atoms with van der Waals surface area (Å²) in [6.45, 7) is 14.6. The smallest absolute Gasteiger partial charge is 0.183 e. The summed E-state index contributed by atoms with van der Waals surface area (Å²) >= 11 is 0. The largest absolute Gasteiger partial charge is 0.417 e. The lowest BCUT2D eigenvalue weighted by Crippen LogP contribution is -2.25. The molecule has 0 N–H and O–H groups in total. The van der Waals surface area contributed by atoms with Crippen LogP contribution in [0.25, 0.3) is 0 Å². The van der Waals surface area contributed by atoms with Crippen LogP contribution in [-0.4, -0.2) is 23.0 Å². The molecule has 0 atom stereocenters. The molecule has 0 aliphatic heterocycles. The summed E-state index contributed by atoms with van der Waals surface area (Å²) in [5.41, 5.74) is 2.39. The van der Waals surface area contributed by atoms with Crippen LogP contribution in [0.15, 0.2) is 11.8 Å². The van der Waals surface area contributed by atoms with Gasteiger partial charge in [0.05, 0.1) is 8.07 Å². The van der Waals surface area contributed by atoms with Gasteiger partial charge in [0, 0.05) is 6.61 Å². The van der Waals surface area contributed by atoms with Crippen LogP contribution in [0.5, 0.6) is 0 Å². The first-order valence-corrected chi connectivity index (χ1v) is 12.0. The minimum Gasteiger partial charge on any atom is -0.417 e. The minimum atomic E-state index is -1.28. The third-order valence-electron chi connectivity index (χ3n) is 1.44. The Hall–Kier alpha value is 0.134. The van der Waals surface area contributed by atoms with E-state index in [1.54, 1.807) is 0 Å². The summed E-state index contributed by atoms with van der Waals surface area (Å²) in [6.07, 6.45) is 3.36. The number of hydrogen-bond donors (Lipinski definition) is 0. The fraction of sp³-hybridized carbons (Fsp3) is 0.800. The zero-order chi connectivity index (χ0) is 10.5. The van der Waals surface area contributed by atoms with Crippen LogP contribution in [-0.2, 0) is 4.43 Å². The Morgan fingerprint density at radius 1 is 1.00 bits per heavy atom. The highest BCUT2D eigenvalue weighted by Crippen LogP contribution is 2.05. The molecule has 0 radical (unpaired) electrons. The lowest BCUT2D eigenvalue weighted by atomic mass is 10.5. The zero-order valence-corrected chi connectivity index (χ0v) is 12.0. The maximum absolute atomic E-state index is 5.75. The van der Waals surface area contributed by atoms with Crippen LogP contribution in [0.2, 0.25) is 39.3 Å². The molecule has 78 valence electrons. The Morgan fingerprint density at radius 2 is 1.54 bits per heavy atom. The summed E-state index contributed by atoms with van der Waals surface area (Å²) < 4.78 is 5.75. The molecule has 0 saturated carbocycles. The predicted octanol–water partition coefficient (Wildman–Crippen LogP) is 3.66. The van der Waals surface area contributed by atoms with E-state index in [2.05, 4.69) is 51.1 Å². The van der Waals surface area contributed by atoms with Gasteiger partial charge in [-0.1, -0.05) is 31.4 Å². The van der Waals surface area contributed by atoms with E-state index < -0.39 is 16.4 Å². The van der Waals surface area contributed by atoms with E-state index in [1.807, 2.05) is 0 Å². The molecule has 0 aromatic carbocycles. The van der Waals surface area contributed by atoms with E-state index >= 15 is 0 Å². The van der Waals surface area contributed by atoms with Gasteiger partial charge in [0.2, 0.25) is 0 Å². The van der Waals surface area contributed by atoms with Crippen LogP contribution >= 0.6 is 0 Å². The van der Waals surface area contributed by atoms with Crippen LogP contribution in [0.1, 0.15) is 6.42 Å². The maximum Gasteiger partial charge on any atom is 0.183 e. The van der Waals surface area contributed by atoms with Crippen molar-refractivity contribution in [3.8, 4) is 0 Å². The second-order valence-corrected chi connectivity index (χ2v) is 15.1. The molecule has 0 rings (SSSR count). The Kier molecular flexibility index (Phi) is 5.18. The number of rotatable bonds is 5. The van der Waals surface area contributed by atoms with Crippen molar-refractivity contribution in [2.45, 2.75) is 45.7 Å². The average molecular weight is 216 g/mol. The molecule has 0 fully saturated rings. The van der Waals surface area contributed by atoms with Gasteiger partial charge in [-0.15, -0.1) is 0 Å². The molecule has 0 aromatic heterocycles. The van der Waals surface area contributed by atoms with Gasteiger partial charge >= 0.3 is 0 Å². The van der Waals surface area contributed by atoms with E-state index in [9.17, 15) is 0 Å². The molecule has 0 heterocycles. The van der Waals surface area contributed by atoms with Gasteiger partial charge in [-0.25, -0.2) is 0 Å². The van der Waals surface area contributed by atoms with Crippen LogP contribution < -0.4 is 0 Å². The van der Waals surface area contributed by atoms with Crippen molar-refractivity contribution in [2.24, 2.45) is 0 Å². The van der Waals surface area contributed by atoms with Gasteiger partial charge in [-0.05, 0) is 26.1 Å². The molecule has 0 unspecified atom stereocenters. The van der Waals surface area contributed by atoms with Gasteiger partial charge in [0.15, 0.2) is 8.32 Å². The normalized spacial score (nSPS) is 14.0. The van der Waals surface area contributed by atoms with Gasteiger partial charge in [0.25, 0.3) is 0 Å². The quantitative estimate of drug-likeness (QED) is 0.503. The van der Waals surface area contributed by atoms with Gasteiger partial charge < -0.3 is 4.43 Å². The molecule has 0 amide bonds. The molecule has 0 aromatic rings. The van der Waals surface area contributed by atoms with Gasteiger partial charge in [-0.2, -0.15) is 0 Å². The van der Waals surface area contributed by atoms with E-state index in [4.69, 9.17) is 4.43 Å². The van der Waals surface area contributed by atoms with Crippen molar-refractivity contribution < 1.29 is 4.43 Å². The molecule has 0 aliphatic carbocycles. The van der Waals surface area contributed by atoms with E-state index in [0.717, 1.165) is 13.0 Å². The summed E-state index contributed by atoms with van der Waals surface area (Å²) in [4.78, 5) is 0. The topological polar surface area (TPSA) is 9.23 Å². The van der Waals surface area contributed by atoms with Crippen LogP contribution in [0.3, 0.4) is 0 Å². The first-order chi connectivity index (χ1) is 5.71. The van der Waals surface area contributed by atoms with E-state index in [-0.39, 0.29) is 0 Å². The van der Waals surface area contributed by atoms with E-state index in [0.29, 0.717) is 0 Å². The summed E-state index contributed by atoms with van der Waals surface area (Å²) in [7, 11) is -2.25. The third-order valence-corrected chi connectivity index (χ3v) is 3.74. The fourth-order valence-corrected chi connectivity index (χ4v) is 2.47. The second kappa shape index (κ2) is 5.12. The Bertz CT molecular complexity index is 163. The van der Waals surface area contributed by atoms with E-state index in [1.165, 1.54) is 0 Å². The summed E-state index contributed by atoms with van der Waals surface area (Å²) in [5, 5.41) is 0. The standard InChI is InChI=1S/C10H24OSi2/c1-12(2,3)10-8-7-9-11-13(4,5)6/h8,10H,7,9H2,1-6H3. The molecular weight excluding hydrogens is 192 g/mol. The van der Waals surface area contributed by atoms with Crippen LogP contribution in [0, 0.1) is 0 Å². The minimum absolute atomic E-state index is 0.900. The predicted molar refractivity (Wildman–Crippen MR) is 66.4 cm³/mol. The molecule has 13 heavy (non-hydrogen) atoms. The molecule has 0 spiro atoms. The van der Waals surface area contributed by atoms with Crippen molar-refractivity contribution in [3.05, 3.63) is 11.8 Å². The highest BCUT2D eigenvalue weighted by atomic mass is 28.4. The maximum atomic E-state index is 5.75. The lowest BCUT2D eigenvalue weighted by molar-refractivity contribution is 0.319. The molecule has 0 bridgehead atoms. The van der Waals surface area contributed by atoms with Crippen molar-refractivity contribution in [3.63, 3.8) is 0 Å². The van der Waals surface area contributed by atoms with Crippen LogP contribution in [0.4, 0.5) is 0 Å². The lowest BCUT2D eigenvalue weighted by Gasteiger charge is -2.16. The van der Waals surface area contributed by atoms with Gasteiger partial charge in [0.1, 0.15) is 0 Å². The second-order valence-electron chi connectivity index (χ2n) is 5.52. The SMILES string of the molecule is C[Si](C)(C)C=CCCO[Si](C)(C)C. The highest BCUT2D eigenvalue weighted by Gasteiger charge is 2.12. The molecular formula is C10H24OSi2. The number of hydrogen-bond acceptors (Lipinski definition) is 1. The molecule has 0 saturated heterocycles. The van der Waals surface area contributed by atoms with Gasteiger partial charge in [-0.3, -0.25) is 0 Å². The summed E-state index contributed by atoms with van der Waals surface area (Å²) in [6, 6.07) is 0. The van der Waals surface area contributed by atoms with Crippen molar-refractivity contribution in [1.29, 1.82) is 0 Å². The Labute approximate surface area is 85.3 Å². The monoisotopic (exact) mass is 216 g/mol. The fourth-order valence-electron chi connectivity index (χ4n) is 0.870. The zero-order valence-electron chi connectivity index (χ0n) is 9.98. The van der Waals surface area contributed by atoms with Crippen molar-refractivity contribution in [1.82, 2.24) is 0 Å². The average Bonchev–Trinajstić information content (AvgIpc) is 1.81. The first kappa shape index (κ1) is 13.1. The molecule has 1 nitrogen and oxygen atoms in total.